The maximum atomic E-state index is 12.3. The van der Waals surface area contributed by atoms with Crippen molar-refractivity contribution in [2.45, 2.75) is 12.5 Å². The number of aryl methyl sites for hydroxylation is 1. The number of esters is 1. The Hall–Kier alpha value is -2.96. The van der Waals surface area contributed by atoms with E-state index in [0.717, 1.165) is 10.2 Å². The van der Waals surface area contributed by atoms with E-state index in [1.807, 2.05) is 30.3 Å². The Kier molecular flexibility index (Phi) is 5.24. The fourth-order valence-corrected chi connectivity index (χ4v) is 2.04. The maximum Gasteiger partial charge on any atom is 0.307 e. The van der Waals surface area contributed by atoms with Gasteiger partial charge >= 0.3 is 5.97 Å². The van der Waals surface area contributed by atoms with Gasteiger partial charge in [0.1, 0.15) is 5.69 Å². The first kappa shape index (κ1) is 16.4. The second-order valence-electron chi connectivity index (χ2n) is 4.90. The first-order valence-electron chi connectivity index (χ1n) is 6.98. The molecular weight excluding hydrogens is 298 g/mol. The van der Waals surface area contributed by atoms with Crippen LogP contribution < -0.4 is 10.9 Å². The summed E-state index contributed by atoms with van der Waals surface area (Å²) in [6, 6.07) is 11.2. The zero-order chi connectivity index (χ0) is 16.8. The third kappa shape index (κ3) is 4.26. The van der Waals surface area contributed by atoms with Crippen molar-refractivity contribution < 1.29 is 14.3 Å². The van der Waals surface area contributed by atoms with Gasteiger partial charge in [-0.2, -0.15) is 5.10 Å². The van der Waals surface area contributed by atoms with Gasteiger partial charge in [-0.1, -0.05) is 30.3 Å². The van der Waals surface area contributed by atoms with Gasteiger partial charge in [0.25, 0.3) is 11.5 Å². The molecule has 120 valence electrons. The Morgan fingerprint density at radius 3 is 2.52 bits per heavy atom. The largest absolute Gasteiger partial charge is 0.469 e. The van der Waals surface area contributed by atoms with E-state index in [1.165, 1.54) is 26.3 Å². The minimum atomic E-state index is -0.546. The molecule has 0 aliphatic rings. The topological polar surface area (TPSA) is 90.3 Å². The van der Waals surface area contributed by atoms with Crippen LogP contribution in [-0.2, 0) is 16.6 Å². The van der Waals surface area contributed by atoms with Crippen molar-refractivity contribution in [1.82, 2.24) is 15.1 Å². The summed E-state index contributed by atoms with van der Waals surface area (Å²) in [7, 11) is 2.75. The molecule has 0 fully saturated rings. The van der Waals surface area contributed by atoms with E-state index in [1.54, 1.807) is 0 Å². The summed E-state index contributed by atoms with van der Waals surface area (Å²) in [6.07, 6.45) is -0.00197. The van der Waals surface area contributed by atoms with Crippen molar-refractivity contribution in [3.8, 4) is 0 Å². The van der Waals surface area contributed by atoms with Crippen molar-refractivity contribution in [1.29, 1.82) is 0 Å². The van der Waals surface area contributed by atoms with Gasteiger partial charge in [0.15, 0.2) is 0 Å². The van der Waals surface area contributed by atoms with E-state index in [2.05, 4.69) is 15.2 Å². The lowest BCUT2D eigenvalue weighted by molar-refractivity contribution is -0.141. The number of ether oxygens (including phenoxy) is 1. The Morgan fingerprint density at radius 2 is 1.91 bits per heavy atom. The molecule has 0 saturated carbocycles. The van der Waals surface area contributed by atoms with E-state index in [9.17, 15) is 14.4 Å². The third-order valence-electron chi connectivity index (χ3n) is 3.30. The number of rotatable bonds is 5. The van der Waals surface area contributed by atoms with Crippen LogP contribution in [0, 0.1) is 0 Å². The van der Waals surface area contributed by atoms with Gasteiger partial charge < -0.3 is 10.1 Å². The lowest BCUT2D eigenvalue weighted by Gasteiger charge is -2.18. The molecule has 7 nitrogen and oxygen atoms in total. The van der Waals surface area contributed by atoms with Gasteiger partial charge in [-0.05, 0) is 11.6 Å². The van der Waals surface area contributed by atoms with E-state index in [4.69, 9.17) is 0 Å². The average Bonchev–Trinajstić information content (AvgIpc) is 2.57. The quantitative estimate of drug-likeness (QED) is 0.825. The van der Waals surface area contributed by atoms with Crippen molar-refractivity contribution >= 4 is 11.9 Å². The highest BCUT2D eigenvalue weighted by Crippen LogP contribution is 2.17. The molecule has 0 aliphatic carbocycles. The molecule has 0 saturated heterocycles. The molecule has 1 N–H and O–H groups in total. The van der Waals surface area contributed by atoms with Gasteiger partial charge in [-0.15, -0.1) is 0 Å². The zero-order valence-electron chi connectivity index (χ0n) is 12.9. The molecule has 1 atom stereocenters. The highest BCUT2D eigenvalue weighted by Gasteiger charge is 2.20. The Morgan fingerprint density at radius 1 is 1.22 bits per heavy atom. The molecule has 2 aromatic rings. The van der Waals surface area contributed by atoms with Crippen LogP contribution in [-0.4, -0.2) is 28.8 Å². The number of hydrogen-bond donors (Lipinski definition) is 1. The van der Waals surface area contributed by atoms with Crippen molar-refractivity contribution in [2.24, 2.45) is 7.05 Å². The fraction of sp³-hybridized carbons (Fsp3) is 0.250. The molecule has 0 radical (unpaired) electrons. The number of amides is 1. The molecule has 0 bridgehead atoms. The lowest BCUT2D eigenvalue weighted by atomic mass is 10.0. The van der Waals surface area contributed by atoms with Crippen LogP contribution in [0.5, 0.6) is 0 Å². The first-order valence-corrected chi connectivity index (χ1v) is 6.98. The molecule has 7 heteroatoms. The predicted molar refractivity (Wildman–Crippen MR) is 82.8 cm³/mol. The third-order valence-corrected chi connectivity index (χ3v) is 3.30. The van der Waals surface area contributed by atoms with Crippen molar-refractivity contribution in [2.75, 3.05) is 7.11 Å². The number of carbonyl (C=O) groups is 2. The number of nitrogens with zero attached hydrogens (tertiary/aromatic N) is 2. The van der Waals surface area contributed by atoms with E-state index in [0.29, 0.717) is 0 Å². The van der Waals surface area contributed by atoms with Crippen LogP contribution in [0.2, 0.25) is 0 Å². The molecule has 1 heterocycles. The van der Waals surface area contributed by atoms with Crippen LogP contribution >= 0.6 is 0 Å². The Bertz CT molecular complexity index is 755. The van der Waals surface area contributed by atoms with Crippen LogP contribution in [0.3, 0.4) is 0 Å². The highest BCUT2D eigenvalue weighted by atomic mass is 16.5. The normalized spacial score (nSPS) is 11.6. The minimum Gasteiger partial charge on any atom is -0.469 e. The fourth-order valence-electron chi connectivity index (χ4n) is 2.04. The summed E-state index contributed by atoms with van der Waals surface area (Å²) in [5, 5.41) is 6.64. The van der Waals surface area contributed by atoms with Gasteiger partial charge in [-0.3, -0.25) is 14.4 Å². The van der Waals surface area contributed by atoms with Gasteiger partial charge in [0, 0.05) is 13.1 Å². The molecule has 1 aromatic heterocycles. The smallest absolute Gasteiger partial charge is 0.307 e. The van der Waals surface area contributed by atoms with Gasteiger partial charge in [0.2, 0.25) is 0 Å². The second kappa shape index (κ2) is 7.35. The summed E-state index contributed by atoms with van der Waals surface area (Å²) in [5.41, 5.74) is 0.560. The van der Waals surface area contributed by atoms with Crippen molar-refractivity contribution in [3.05, 3.63) is 64.1 Å². The summed E-state index contributed by atoms with van der Waals surface area (Å²) in [5.74, 6) is -0.911. The van der Waals surface area contributed by atoms with Crippen LogP contribution in [0.4, 0.5) is 0 Å². The number of hydrogen-bond acceptors (Lipinski definition) is 5. The molecular formula is C16H17N3O4. The van der Waals surface area contributed by atoms with Gasteiger partial charge in [0.05, 0.1) is 19.6 Å². The zero-order valence-corrected chi connectivity index (χ0v) is 12.9. The standard InChI is InChI=1S/C16H17N3O4/c1-19-14(20)9-8-12(18-19)16(22)17-13(10-15(21)23-2)11-6-4-3-5-7-11/h3-9,13H,10H2,1-2H3,(H,17,22)/t13-/m1/s1. The number of nitrogens with one attached hydrogen (secondary N) is 1. The monoisotopic (exact) mass is 315 g/mol. The molecule has 1 amide bonds. The lowest BCUT2D eigenvalue weighted by Crippen LogP contribution is -2.32. The number of methoxy groups -OCH3 is 1. The Labute approximate surface area is 132 Å². The van der Waals surface area contributed by atoms with E-state index >= 15 is 0 Å². The van der Waals surface area contributed by atoms with Crippen LogP contribution in [0.1, 0.15) is 28.5 Å². The molecule has 0 spiro atoms. The molecule has 2 rings (SSSR count). The Balaban J connectivity index is 2.22. The molecule has 23 heavy (non-hydrogen) atoms. The SMILES string of the molecule is COC(=O)C[C@@H](NC(=O)c1ccc(=O)n(C)n1)c1ccccc1. The number of aromatic nitrogens is 2. The number of benzene rings is 1. The molecule has 0 aliphatic heterocycles. The predicted octanol–water partition coefficient (Wildman–Crippen LogP) is 0.814. The van der Waals surface area contributed by atoms with Crippen LogP contribution in [0.25, 0.3) is 0 Å². The summed E-state index contributed by atoms with van der Waals surface area (Å²) < 4.78 is 5.75. The second-order valence-corrected chi connectivity index (χ2v) is 4.90. The van der Waals surface area contributed by atoms with Crippen molar-refractivity contribution in [3.63, 3.8) is 0 Å². The van der Waals surface area contributed by atoms with Crippen LogP contribution in [0.15, 0.2) is 47.3 Å². The molecule has 1 aromatic carbocycles. The van der Waals surface area contributed by atoms with E-state index in [-0.39, 0.29) is 17.7 Å². The van der Waals surface area contributed by atoms with E-state index < -0.39 is 17.9 Å². The summed E-state index contributed by atoms with van der Waals surface area (Å²) in [4.78, 5) is 35.2. The molecule has 0 unspecified atom stereocenters. The number of carbonyl (C=O) groups excluding carboxylic acids is 2. The van der Waals surface area contributed by atoms with Gasteiger partial charge in [-0.25, -0.2) is 4.68 Å². The first-order chi connectivity index (χ1) is 11.0. The summed E-state index contributed by atoms with van der Waals surface area (Å²) >= 11 is 0. The summed E-state index contributed by atoms with van der Waals surface area (Å²) in [6.45, 7) is 0. The minimum absolute atomic E-state index is 0.00197. The highest BCUT2D eigenvalue weighted by molar-refractivity contribution is 5.92. The average molecular weight is 315 g/mol. The maximum absolute atomic E-state index is 12.3.